The summed E-state index contributed by atoms with van der Waals surface area (Å²) >= 11 is 3.40. The highest BCUT2D eigenvalue weighted by Gasteiger charge is 2.06. The van der Waals surface area contributed by atoms with Crippen LogP contribution in [-0.4, -0.2) is 16.9 Å². The third-order valence-electron chi connectivity index (χ3n) is 2.08. The predicted molar refractivity (Wildman–Crippen MR) is 62.6 cm³/mol. The van der Waals surface area contributed by atoms with Crippen LogP contribution < -0.4 is 4.74 Å². The van der Waals surface area contributed by atoms with Gasteiger partial charge in [-0.2, -0.15) is 5.10 Å². The smallest absolute Gasteiger partial charge is 0.216 e. The molecule has 1 aromatic heterocycles. The first kappa shape index (κ1) is 10.2. The number of halogens is 1. The normalized spacial score (nSPS) is 10.3. The molecule has 15 heavy (non-hydrogen) atoms. The van der Waals surface area contributed by atoms with Crippen molar-refractivity contribution in [2.24, 2.45) is 0 Å². The van der Waals surface area contributed by atoms with Crippen LogP contribution in [0.25, 0.3) is 5.69 Å². The van der Waals surface area contributed by atoms with Gasteiger partial charge in [-0.1, -0.05) is 15.9 Å². The van der Waals surface area contributed by atoms with Gasteiger partial charge in [0.1, 0.15) is 0 Å². The molecule has 2 rings (SSSR count). The van der Waals surface area contributed by atoms with Crippen molar-refractivity contribution in [1.29, 1.82) is 0 Å². The van der Waals surface area contributed by atoms with Crippen molar-refractivity contribution < 1.29 is 4.74 Å². The van der Waals surface area contributed by atoms with Gasteiger partial charge in [0.2, 0.25) is 5.88 Å². The molecule has 0 N–H and O–H groups in total. The summed E-state index contributed by atoms with van der Waals surface area (Å²) in [5, 5.41) is 4.36. The van der Waals surface area contributed by atoms with Gasteiger partial charge < -0.3 is 4.74 Å². The van der Waals surface area contributed by atoms with Gasteiger partial charge in [0.25, 0.3) is 0 Å². The number of hydrogen-bond acceptors (Lipinski definition) is 2. The summed E-state index contributed by atoms with van der Waals surface area (Å²) in [5.41, 5.74) is 1.93. The molecule has 0 aliphatic carbocycles. The van der Waals surface area contributed by atoms with Crippen LogP contribution in [0.1, 0.15) is 5.69 Å². The van der Waals surface area contributed by atoms with Crippen LogP contribution in [0.3, 0.4) is 0 Å². The molecule has 0 fully saturated rings. The van der Waals surface area contributed by atoms with E-state index < -0.39 is 0 Å². The van der Waals surface area contributed by atoms with Gasteiger partial charge in [-0.3, -0.25) is 0 Å². The second-order valence-corrected chi connectivity index (χ2v) is 4.13. The number of benzene rings is 1. The Hall–Kier alpha value is -1.29. The molecule has 4 heteroatoms. The largest absolute Gasteiger partial charge is 0.481 e. The Morgan fingerprint density at radius 1 is 1.27 bits per heavy atom. The lowest BCUT2D eigenvalue weighted by Crippen LogP contribution is -1.99. The second kappa shape index (κ2) is 4.06. The molecule has 0 atom stereocenters. The van der Waals surface area contributed by atoms with E-state index in [1.807, 2.05) is 37.3 Å². The lowest BCUT2D eigenvalue weighted by Gasteiger charge is -2.05. The average Bonchev–Trinajstić information content (AvgIpc) is 2.61. The van der Waals surface area contributed by atoms with Gasteiger partial charge in [0.15, 0.2) is 0 Å². The highest BCUT2D eigenvalue weighted by Crippen LogP contribution is 2.20. The van der Waals surface area contributed by atoms with E-state index in [-0.39, 0.29) is 0 Å². The zero-order valence-corrected chi connectivity index (χ0v) is 10.2. The van der Waals surface area contributed by atoms with Crippen molar-refractivity contribution in [3.63, 3.8) is 0 Å². The number of hydrogen-bond donors (Lipinski definition) is 0. The molecule has 0 spiro atoms. The van der Waals surface area contributed by atoms with Gasteiger partial charge in [0, 0.05) is 10.5 Å². The maximum absolute atomic E-state index is 5.24. The summed E-state index contributed by atoms with van der Waals surface area (Å²) in [6.45, 7) is 1.94. The minimum atomic E-state index is 0.745. The number of methoxy groups -OCH3 is 1. The molecular formula is C11H11BrN2O. The summed E-state index contributed by atoms with van der Waals surface area (Å²) in [5.74, 6) is 0.745. The van der Waals surface area contributed by atoms with E-state index in [1.54, 1.807) is 11.8 Å². The van der Waals surface area contributed by atoms with Crippen LogP contribution in [0, 0.1) is 6.92 Å². The average molecular weight is 267 g/mol. The standard InChI is InChI=1S/C11H11BrN2O/c1-8-7-11(15-2)14(13-8)10-5-3-9(12)4-6-10/h3-7H,1-2H3. The molecule has 1 aromatic carbocycles. The van der Waals surface area contributed by atoms with Crippen LogP contribution in [-0.2, 0) is 0 Å². The van der Waals surface area contributed by atoms with E-state index in [0.29, 0.717) is 0 Å². The van der Waals surface area contributed by atoms with E-state index in [4.69, 9.17) is 4.74 Å². The van der Waals surface area contributed by atoms with Crippen LogP contribution in [0.2, 0.25) is 0 Å². The molecule has 0 saturated heterocycles. The number of nitrogens with zero attached hydrogens (tertiary/aromatic N) is 2. The Balaban J connectivity index is 2.48. The Morgan fingerprint density at radius 2 is 1.93 bits per heavy atom. The fourth-order valence-corrected chi connectivity index (χ4v) is 1.65. The van der Waals surface area contributed by atoms with E-state index in [2.05, 4.69) is 21.0 Å². The lowest BCUT2D eigenvalue weighted by molar-refractivity contribution is 0.383. The van der Waals surface area contributed by atoms with Gasteiger partial charge in [-0.05, 0) is 31.2 Å². The highest BCUT2D eigenvalue weighted by atomic mass is 79.9. The van der Waals surface area contributed by atoms with E-state index in [0.717, 1.165) is 21.7 Å². The molecular weight excluding hydrogens is 256 g/mol. The fourth-order valence-electron chi connectivity index (χ4n) is 1.39. The Bertz CT molecular complexity index is 462. The predicted octanol–water partition coefficient (Wildman–Crippen LogP) is 2.95. The topological polar surface area (TPSA) is 27.1 Å². The van der Waals surface area contributed by atoms with Gasteiger partial charge in [-0.15, -0.1) is 0 Å². The molecule has 0 aliphatic heterocycles. The summed E-state index contributed by atoms with van der Waals surface area (Å²) in [6.07, 6.45) is 0. The fraction of sp³-hybridized carbons (Fsp3) is 0.182. The van der Waals surface area contributed by atoms with Crippen LogP contribution in [0.15, 0.2) is 34.8 Å². The SMILES string of the molecule is COc1cc(C)nn1-c1ccc(Br)cc1. The van der Waals surface area contributed by atoms with Crippen molar-refractivity contribution in [1.82, 2.24) is 9.78 Å². The first-order valence-electron chi connectivity index (χ1n) is 4.57. The van der Waals surface area contributed by atoms with Gasteiger partial charge >= 0.3 is 0 Å². The van der Waals surface area contributed by atoms with E-state index in [9.17, 15) is 0 Å². The van der Waals surface area contributed by atoms with E-state index in [1.165, 1.54) is 0 Å². The number of rotatable bonds is 2. The number of ether oxygens (including phenoxy) is 1. The third-order valence-corrected chi connectivity index (χ3v) is 2.61. The Morgan fingerprint density at radius 3 is 2.53 bits per heavy atom. The second-order valence-electron chi connectivity index (χ2n) is 3.22. The minimum absolute atomic E-state index is 0.745. The van der Waals surface area contributed by atoms with Crippen molar-refractivity contribution >= 4 is 15.9 Å². The molecule has 0 aliphatic rings. The molecule has 78 valence electrons. The maximum Gasteiger partial charge on any atom is 0.216 e. The number of aromatic nitrogens is 2. The monoisotopic (exact) mass is 266 g/mol. The van der Waals surface area contributed by atoms with Crippen molar-refractivity contribution in [2.75, 3.05) is 7.11 Å². The molecule has 0 saturated carbocycles. The lowest BCUT2D eigenvalue weighted by atomic mass is 10.3. The van der Waals surface area contributed by atoms with Crippen LogP contribution >= 0.6 is 15.9 Å². The molecule has 3 nitrogen and oxygen atoms in total. The van der Waals surface area contributed by atoms with Crippen molar-refractivity contribution in [3.05, 3.63) is 40.5 Å². The number of aryl methyl sites for hydroxylation is 1. The van der Waals surface area contributed by atoms with Crippen molar-refractivity contribution in [2.45, 2.75) is 6.92 Å². The van der Waals surface area contributed by atoms with E-state index >= 15 is 0 Å². The summed E-state index contributed by atoms with van der Waals surface area (Å²) < 4.78 is 8.07. The summed E-state index contributed by atoms with van der Waals surface area (Å²) in [6, 6.07) is 9.83. The van der Waals surface area contributed by atoms with Gasteiger partial charge in [-0.25, -0.2) is 4.68 Å². The molecule has 2 aromatic rings. The molecule has 0 bridgehead atoms. The van der Waals surface area contributed by atoms with Crippen LogP contribution in [0.4, 0.5) is 0 Å². The minimum Gasteiger partial charge on any atom is -0.481 e. The molecule has 1 heterocycles. The molecule has 0 unspecified atom stereocenters. The van der Waals surface area contributed by atoms with Crippen LogP contribution in [0.5, 0.6) is 5.88 Å². The zero-order valence-electron chi connectivity index (χ0n) is 8.57. The summed E-state index contributed by atoms with van der Waals surface area (Å²) in [4.78, 5) is 0. The summed E-state index contributed by atoms with van der Waals surface area (Å²) in [7, 11) is 1.64. The maximum atomic E-state index is 5.24. The van der Waals surface area contributed by atoms with Crippen molar-refractivity contribution in [3.8, 4) is 11.6 Å². The highest BCUT2D eigenvalue weighted by molar-refractivity contribution is 9.10. The van der Waals surface area contributed by atoms with Gasteiger partial charge in [0.05, 0.1) is 18.5 Å². The Kier molecular flexibility index (Phi) is 2.77. The first-order chi connectivity index (χ1) is 7.20. The molecule has 0 radical (unpaired) electrons. The Labute approximate surface area is 96.8 Å². The first-order valence-corrected chi connectivity index (χ1v) is 5.36. The molecule has 0 amide bonds. The third kappa shape index (κ3) is 2.04. The zero-order chi connectivity index (χ0) is 10.8. The quantitative estimate of drug-likeness (QED) is 0.836.